The van der Waals surface area contributed by atoms with Crippen LogP contribution in [0.25, 0.3) is 0 Å². The summed E-state index contributed by atoms with van der Waals surface area (Å²) in [7, 11) is -3.85. The summed E-state index contributed by atoms with van der Waals surface area (Å²) in [4.78, 5) is -0.0431. The number of benzene rings is 2. The summed E-state index contributed by atoms with van der Waals surface area (Å²) in [5.74, 6) is 0. The van der Waals surface area contributed by atoms with Gasteiger partial charge in [-0.1, -0.05) is 50.7 Å². The van der Waals surface area contributed by atoms with Crippen molar-refractivity contribution in [3.05, 3.63) is 55.9 Å². The lowest BCUT2D eigenvalue weighted by Crippen LogP contribution is -2.13. The van der Waals surface area contributed by atoms with E-state index in [4.69, 9.17) is 34.8 Å². The highest BCUT2D eigenvalue weighted by atomic mass is 79.9. The number of anilines is 1. The fourth-order valence-electron chi connectivity index (χ4n) is 1.47. The minimum absolute atomic E-state index is 0.0431. The second-order valence-corrected chi connectivity index (χ2v) is 7.62. The zero-order valence-electron chi connectivity index (χ0n) is 9.70. The Kier molecular flexibility index (Phi) is 4.87. The number of sulfonamides is 1. The average Bonchev–Trinajstić information content (AvgIpc) is 2.33. The van der Waals surface area contributed by atoms with Crippen LogP contribution in [-0.2, 0) is 10.0 Å². The second kappa shape index (κ2) is 6.12. The molecule has 2 rings (SSSR count). The van der Waals surface area contributed by atoms with Crippen molar-refractivity contribution < 1.29 is 8.42 Å². The molecule has 0 fully saturated rings. The molecule has 0 heterocycles. The maximum Gasteiger partial charge on any atom is 0.263 e. The second-order valence-electron chi connectivity index (χ2n) is 3.80. The molecule has 3 nitrogen and oxygen atoms in total. The van der Waals surface area contributed by atoms with E-state index >= 15 is 0 Å². The third-order valence-corrected chi connectivity index (χ3v) is 5.26. The Bertz CT molecular complexity index is 765. The molecule has 8 heteroatoms. The normalized spacial score (nSPS) is 11.4. The maximum atomic E-state index is 12.3. The monoisotopic (exact) mass is 413 g/mol. The maximum absolute atomic E-state index is 12.3. The van der Waals surface area contributed by atoms with E-state index in [2.05, 4.69) is 20.7 Å². The van der Waals surface area contributed by atoms with Gasteiger partial charge in [0, 0.05) is 9.50 Å². The van der Waals surface area contributed by atoms with Gasteiger partial charge in [0.15, 0.2) is 0 Å². The van der Waals surface area contributed by atoms with Crippen molar-refractivity contribution in [2.75, 3.05) is 4.72 Å². The van der Waals surface area contributed by atoms with Crippen molar-refractivity contribution in [3.8, 4) is 0 Å². The molecule has 20 heavy (non-hydrogen) atoms. The minimum atomic E-state index is -3.85. The van der Waals surface area contributed by atoms with Crippen LogP contribution in [0, 0.1) is 0 Å². The zero-order chi connectivity index (χ0) is 14.9. The first-order chi connectivity index (χ1) is 9.29. The van der Waals surface area contributed by atoms with Gasteiger partial charge < -0.3 is 0 Å². The van der Waals surface area contributed by atoms with Crippen molar-refractivity contribution in [1.29, 1.82) is 0 Å². The molecule has 0 aromatic heterocycles. The Morgan fingerprint density at radius 1 is 0.950 bits per heavy atom. The van der Waals surface area contributed by atoms with Crippen LogP contribution >= 0.6 is 50.7 Å². The van der Waals surface area contributed by atoms with E-state index in [1.807, 2.05) is 0 Å². The van der Waals surface area contributed by atoms with Crippen LogP contribution in [0.3, 0.4) is 0 Å². The SMILES string of the molecule is O=S(=O)(Nc1cc(Cl)ccc1Cl)c1ccc(Br)cc1Cl. The van der Waals surface area contributed by atoms with E-state index in [1.165, 1.54) is 24.3 Å². The van der Waals surface area contributed by atoms with Crippen molar-refractivity contribution in [1.82, 2.24) is 0 Å². The van der Waals surface area contributed by atoms with Gasteiger partial charge in [0.2, 0.25) is 0 Å². The highest BCUT2D eigenvalue weighted by Crippen LogP contribution is 2.30. The summed E-state index contributed by atoms with van der Waals surface area (Å²) in [6.45, 7) is 0. The van der Waals surface area contributed by atoms with Crippen molar-refractivity contribution >= 4 is 66.4 Å². The van der Waals surface area contributed by atoms with Gasteiger partial charge in [0.1, 0.15) is 4.90 Å². The lowest BCUT2D eigenvalue weighted by Gasteiger charge is -2.11. The number of nitrogens with one attached hydrogen (secondary N) is 1. The number of hydrogen-bond donors (Lipinski definition) is 1. The predicted molar refractivity (Wildman–Crippen MR) is 86.4 cm³/mol. The summed E-state index contributed by atoms with van der Waals surface area (Å²) in [6, 6.07) is 8.97. The van der Waals surface area contributed by atoms with Gasteiger partial charge >= 0.3 is 0 Å². The number of halogens is 4. The first-order valence-corrected chi connectivity index (χ1v) is 8.63. The lowest BCUT2D eigenvalue weighted by atomic mass is 10.3. The first kappa shape index (κ1) is 15.9. The Morgan fingerprint density at radius 2 is 1.65 bits per heavy atom. The molecular formula is C12H7BrCl3NO2S. The van der Waals surface area contributed by atoms with Gasteiger partial charge in [-0.25, -0.2) is 8.42 Å². The molecular weight excluding hydrogens is 408 g/mol. The quantitative estimate of drug-likeness (QED) is 0.748. The van der Waals surface area contributed by atoms with Gasteiger partial charge in [0.25, 0.3) is 10.0 Å². The summed E-state index contributed by atoms with van der Waals surface area (Å²) in [5, 5.41) is 0.713. The summed E-state index contributed by atoms with van der Waals surface area (Å²) in [6.07, 6.45) is 0. The molecule has 0 aliphatic heterocycles. The van der Waals surface area contributed by atoms with E-state index in [1.54, 1.807) is 12.1 Å². The number of hydrogen-bond acceptors (Lipinski definition) is 2. The molecule has 0 radical (unpaired) electrons. The number of rotatable bonds is 3. The Balaban J connectivity index is 2.43. The van der Waals surface area contributed by atoms with E-state index < -0.39 is 10.0 Å². The molecule has 0 saturated carbocycles. The van der Waals surface area contributed by atoms with Gasteiger partial charge in [-0.15, -0.1) is 0 Å². The Hall–Kier alpha value is -0.460. The van der Waals surface area contributed by atoms with Crippen LogP contribution in [0.15, 0.2) is 45.8 Å². The fourth-order valence-corrected chi connectivity index (χ4v) is 3.97. The van der Waals surface area contributed by atoms with E-state index in [0.717, 1.165) is 0 Å². The topological polar surface area (TPSA) is 46.2 Å². The van der Waals surface area contributed by atoms with Crippen LogP contribution in [0.5, 0.6) is 0 Å². The molecule has 0 spiro atoms. The first-order valence-electron chi connectivity index (χ1n) is 5.22. The highest BCUT2D eigenvalue weighted by Gasteiger charge is 2.19. The Morgan fingerprint density at radius 3 is 2.30 bits per heavy atom. The molecule has 0 saturated heterocycles. The van der Waals surface area contributed by atoms with E-state index in [0.29, 0.717) is 9.50 Å². The highest BCUT2D eigenvalue weighted by molar-refractivity contribution is 9.10. The van der Waals surface area contributed by atoms with Crippen LogP contribution in [-0.4, -0.2) is 8.42 Å². The lowest BCUT2D eigenvalue weighted by molar-refractivity contribution is 0.601. The minimum Gasteiger partial charge on any atom is -0.278 e. The zero-order valence-corrected chi connectivity index (χ0v) is 14.4. The van der Waals surface area contributed by atoms with Crippen LogP contribution in [0.2, 0.25) is 15.1 Å². The van der Waals surface area contributed by atoms with E-state index in [9.17, 15) is 8.42 Å². The third kappa shape index (κ3) is 3.59. The fraction of sp³-hybridized carbons (Fsp3) is 0. The van der Waals surface area contributed by atoms with Crippen LogP contribution in [0.4, 0.5) is 5.69 Å². The third-order valence-electron chi connectivity index (χ3n) is 2.36. The molecule has 0 aliphatic rings. The molecule has 106 valence electrons. The van der Waals surface area contributed by atoms with Gasteiger partial charge in [-0.05, 0) is 36.4 Å². The molecule has 2 aromatic rings. The van der Waals surface area contributed by atoms with Crippen molar-refractivity contribution in [2.24, 2.45) is 0 Å². The molecule has 0 atom stereocenters. The van der Waals surface area contributed by atoms with Gasteiger partial charge in [0.05, 0.1) is 15.7 Å². The van der Waals surface area contributed by atoms with E-state index in [-0.39, 0.29) is 20.6 Å². The standard InChI is InChI=1S/C12H7BrCl3NO2S/c13-7-1-4-12(10(16)5-7)20(18,19)17-11-6-8(14)2-3-9(11)15/h1-6,17H. The summed E-state index contributed by atoms with van der Waals surface area (Å²) >= 11 is 20.9. The summed E-state index contributed by atoms with van der Waals surface area (Å²) < 4.78 is 27.6. The largest absolute Gasteiger partial charge is 0.278 e. The molecule has 0 unspecified atom stereocenters. The predicted octanol–water partition coefficient (Wildman–Crippen LogP) is 5.21. The van der Waals surface area contributed by atoms with Crippen molar-refractivity contribution in [2.45, 2.75) is 4.90 Å². The molecule has 0 aliphatic carbocycles. The molecule has 0 amide bonds. The van der Waals surface area contributed by atoms with Crippen molar-refractivity contribution in [3.63, 3.8) is 0 Å². The van der Waals surface area contributed by atoms with Crippen LogP contribution in [0.1, 0.15) is 0 Å². The molecule has 2 aromatic carbocycles. The van der Waals surface area contributed by atoms with Gasteiger partial charge in [-0.2, -0.15) is 0 Å². The molecule has 0 bridgehead atoms. The van der Waals surface area contributed by atoms with Gasteiger partial charge in [-0.3, -0.25) is 4.72 Å². The van der Waals surface area contributed by atoms with Crippen LogP contribution < -0.4 is 4.72 Å². The smallest absolute Gasteiger partial charge is 0.263 e. The summed E-state index contributed by atoms with van der Waals surface area (Å²) in [5.41, 5.74) is 0.193. The Labute approximate surface area is 140 Å². The molecule has 1 N–H and O–H groups in total. The average molecular weight is 416 g/mol.